The van der Waals surface area contributed by atoms with Crippen LogP contribution >= 0.6 is 11.3 Å². The third-order valence-electron chi connectivity index (χ3n) is 2.52. The summed E-state index contributed by atoms with van der Waals surface area (Å²) in [5, 5.41) is 2.01. The Hall–Kier alpha value is -0.670. The lowest BCUT2D eigenvalue weighted by molar-refractivity contribution is 0.101. The van der Waals surface area contributed by atoms with Crippen LogP contribution in [-0.2, 0) is 13.0 Å². The van der Waals surface area contributed by atoms with Crippen molar-refractivity contribution in [3.05, 3.63) is 21.4 Å². The van der Waals surface area contributed by atoms with Crippen LogP contribution in [0.2, 0.25) is 0 Å². The number of carbonyl (C=O) groups excluding carboxylic acids is 1. The molecule has 0 N–H and O–H groups in total. The molecule has 2 rings (SSSR count). The van der Waals surface area contributed by atoms with Crippen molar-refractivity contribution >= 4 is 17.1 Å². The highest BCUT2D eigenvalue weighted by Crippen LogP contribution is 2.28. The zero-order valence-electron chi connectivity index (χ0n) is 7.96. The molecule has 1 aliphatic heterocycles. The molecule has 0 fully saturated rings. The number of carbonyl (C=O) groups is 1. The molecule has 0 atom stereocenters. The normalized spacial score (nSPS) is 17.1. The highest BCUT2D eigenvalue weighted by molar-refractivity contribution is 7.10. The lowest BCUT2D eigenvalue weighted by atomic mass is 10.0. The van der Waals surface area contributed by atoms with Gasteiger partial charge in [0.25, 0.3) is 0 Å². The number of hydrogen-bond donors (Lipinski definition) is 0. The Balaban J connectivity index is 2.39. The predicted molar refractivity (Wildman–Crippen MR) is 54.4 cm³/mol. The summed E-state index contributed by atoms with van der Waals surface area (Å²) in [4.78, 5) is 14.9. The van der Waals surface area contributed by atoms with Crippen molar-refractivity contribution in [3.8, 4) is 0 Å². The van der Waals surface area contributed by atoms with Crippen LogP contribution in [0.1, 0.15) is 27.7 Å². The maximum absolute atomic E-state index is 11.3. The van der Waals surface area contributed by atoms with E-state index in [9.17, 15) is 4.79 Å². The maximum Gasteiger partial charge on any atom is 0.160 e. The first kappa shape index (κ1) is 8.91. The first-order valence-electron chi connectivity index (χ1n) is 4.47. The first-order valence-corrected chi connectivity index (χ1v) is 5.35. The van der Waals surface area contributed by atoms with Crippen molar-refractivity contribution in [2.24, 2.45) is 0 Å². The van der Waals surface area contributed by atoms with Crippen LogP contribution in [0, 0.1) is 0 Å². The monoisotopic (exact) mass is 195 g/mol. The zero-order valence-corrected chi connectivity index (χ0v) is 8.78. The van der Waals surface area contributed by atoms with Crippen LogP contribution in [0.5, 0.6) is 0 Å². The summed E-state index contributed by atoms with van der Waals surface area (Å²) in [7, 11) is 2.12. The lowest BCUT2D eigenvalue weighted by Crippen LogP contribution is -2.25. The number of nitrogens with zero attached hydrogens (tertiary/aromatic N) is 1. The molecule has 3 heteroatoms. The van der Waals surface area contributed by atoms with Gasteiger partial charge in [-0.3, -0.25) is 4.79 Å². The van der Waals surface area contributed by atoms with Gasteiger partial charge in [-0.1, -0.05) is 0 Å². The molecular formula is C10H13NOS. The Kier molecular flexibility index (Phi) is 2.22. The van der Waals surface area contributed by atoms with Crippen LogP contribution in [0.25, 0.3) is 0 Å². The van der Waals surface area contributed by atoms with Crippen LogP contribution < -0.4 is 0 Å². The van der Waals surface area contributed by atoms with Gasteiger partial charge in [-0.15, -0.1) is 11.3 Å². The summed E-state index contributed by atoms with van der Waals surface area (Å²) in [5.41, 5.74) is 2.25. The third-order valence-corrected chi connectivity index (χ3v) is 3.53. The van der Waals surface area contributed by atoms with Gasteiger partial charge in [0.1, 0.15) is 0 Å². The van der Waals surface area contributed by atoms with Crippen LogP contribution in [0.4, 0.5) is 0 Å². The van der Waals surface area contributed by atoms with Crippen LogP contribution in [0.3, 0.4) is 0 Å². The van der Waals surface area contributed by atoms with Gasteiger partial charge in [-0.05, 0) is 26.0 Å². The van der Waals surface area contributed by atoms with E-state index in [4.69, 9.17) is 0 Å². The molecule has 0 spiro atoms. The topological polar surface area (TPSA) is 20.3 Å². The van der Waals surface area contributed by atoms with Gasteiger partial charge in [0.2, 0.25) is 0 Å². The van der Waals surface area contributed by atoms with E-state index in [1.54, 1.807) is 18.3 Å². The molecule has 70 valence electrons. The highest BCUT2D eigenvalue weighted by Gasteiger charge is 2.19. The van der Waals surface area contributed by atoms with Gasteiger partial charge in [0.05, 0.1) is 0 Å². The van der Waals surface area contributed by atoms with Gasteiger partial charge in [0.15, 0.2) is 5.78 Å². The molecule has 0 saturated carbocycles. The fourth-order valence-electron chi connectivity index (χ4n) is 1.75. The summed E-state index contributed by atoms with van der Waals surface area (Å²) in [6.07, 6.45) is 1.03. The zero-order chi connectivity index (χ0) is 9.42. The number of hydrogen-bond acceptors (Lipinski definition) is 3. The van der Waals surface area contributed by atoms with Gasteiger partial charge >= 0.3 is 0 Å². The van der Waals surface area contributed by atoms with Crippen LogP contribution in [-0.4, -0.2) is 24.3 Å². The number of fused-ring (bicyclic) bond motifs is 1. The predicted octanol–water partition coefficient (Wildman–Crippen LogP) is 1.94. The molecular weight excluding hydrogens is 182 g/mol. The third kappa shape index (κ3) is 1.54. The second kappa shape index (κ2) is 3.24. The Morgan fingerprint density at radius 3 is 3.08 bits per heavy atom. The molecule has 0 aliphatic carbocycles. The molecule has 0 radical (unpaired) electrons. The molecule has 0 amide bonds. The van der Waals surface area contributed by atoms with Crippen molar-refractivity contribution in [2.45, 2.75) is 19.9 Å². The van der Waals surface area contributed by atoms with E-state index >= 15 is 0 Å². The van der Waals surface area contributed by atoms with Crippen molar-refractivity contribution in [1.82, 2.24) is 4.90 Å². The Bertz CT molecular complexity index is 343. The molecule has 2 heterocycles. The molecule has 0 unspecified atom stereocenters. The Morgan fingerprint density at radius 1 is 1.62 bits per heavy atom. The minimum atomic E-state index is 0.210. The van der Waals surface area contributed by atoms with Crippen molar-refractivity contribution < 1.29 is 4.79 Å². The smallest absolute Gasteiger partial charge is 0.160 e. The van der Waals surface area contributed by atoms with E-state index in [0.717, 1.165) is 25.1 Å². The first-order chi connectivity index (χ1) is 6.18. The molecule has 0 aromatic carbocycles. The minimum absolute atomic E-state index is 0.210. The van der Waals surface area contributed by atoms with Gasteiger partial charge in [-0.2, -0.15) is 0 Å². The summed E-state index contributed by atoms with van der Waals surface area (Å²) in [6, 6.07) is 0. The molecule has 1 aliphatic rings. The Morgan fingerprint density at radius 2 is 2.38 bits per heavy atom. The van der Waals surface area contributed by atoms with E-state index < -0.39 is 0 Å². The molecule has 13 heavy (non-hydrogen) atoms. The summed E-state index contributed by atoms with van der Waals surface area (Å²) in [5.74, 6) is 0.210. The number of thiophene rings is 1. The number of likely N-dealkylation sites (N-methyl/N-ethyl adjacent to an activating group) is 1. The van der Waals surface area contributed by atoms with E-state index in [-0.39, 0.29) is 5.78 Å². The van der Waals surface area contributed by atoms with Crippen LogP contribution in [0.15, 0.2) is 5.38 Å². The van der Waals surface area contributed by atoms with E-state index in [0.29, 0.717) is 0 Å². The molecule has 1 aromatic rings. The number of Topliss-reactive ketones (excluding diaryl/α,β-unsaturated/α-hetero) is 1. The van der Waals surface area contributed by atoms with E-state index in [2.05, 4.69) is 11.9 Å². The average Bonchev–Trinajstić information content (AvgIpc) is 2.46. The van der Waals surface area contributed by atoms with E-state index in [1.807, 2.05) is 5.38 Å². The molecule has 2 nitrogen and oxygen atoms in total. The number of ketones is 1. The molecule has 0 bridgehead atoms. The molecule has 1 aromatic heterocycles. The number of rotatable bonds is 1. The lowest BCUT2D eigenvalue weighted by Gasteiger charge is -2.22. The fraction of sp³-hybridized carbons (Fsp3) is 0.500. The standard InChI is InChI=1S/C10H13NOS/c1-7(12)9-6-13-10-5-11(2)4-3-8(9)10/h6H,3-5H2,1-2H3. The quantitative estimate of drug-likeness (QED) is 0.638. The minimum Gasteiger partial charge on any atom is -0.301 e. The second-order valence-corrected chi connectivity index (χ2v) is 4.56. The SMILES string of the molecule is CC(=O)c1csc2c1CCN(C)C2. The van der Waals surface area contributed by atoms with Gasteiger partial charge in [-0.25, -0.2) is 0 Å². The molecule has 0 saturated heterocycles. The van der Waals surface area contributed by atoms with Crippen molar-refractivity contribution in [2.75, 3.05) is 13.6 Å². The van der Waals surface area contributed by atoms with E-state index in [1.165, 1.54) is 10.4 Å². The fourth-order valence-corrected chi connectivity index (χ4v) is 2.97. The van der Waals surface area contributed by atoms with Crippen molar-refractivity contribution in [3.63, 3.8) is 0 Å². The average molecular weight is 195 g/mol. The summed E-state index contributed by atoms with van der Waals surface area (Å²) in [6.45, 7) is 3.73. The van der Waals surface area contributed by atoms with Gasteiger partial charge < -0.3 is 4.90 Å². The maximum atomic E-state index is 11.3. The Labute approximate surface area is 82.2 Å². The van der Waals surface area contributed by atoms with Crippen molar-refractivity contribution in [1.29, 1.82) is 0 Å². The summed E-state index contributed by atoms with van der Waals surface area (Å²) < 4.78 is 0. The largest absolute Gasteiger partial charge is 0.301 e. The second-order valence-electron chi connectivity index (χ2n) is 3.60. The highest BCUT2D eigenvalue weighted by atomic mass is 32.1. The van der Waals surface area contributed by atoms with Gasteiger partial charge in [0, 0.05) is 28.9 Å². The summed E-state index contributed by atoms with van der Waals surface area (Å²) >= 11 is 1.72.